The first kappa shape index (κ1) is 10.3. The highest BCUT2D eigenvalue weighted by Crippen LogP contribution is 2.60. The molecule has 0 aromatic rings. The zero-order valence-corrected chi connectivity index (χ0v) is 9.35. The van der Waals surface area contributed by atoms with Gasteiger partial charge in [-0.1, -0.05) is 6.58 Å². The third-order valence-corrected chi connectivity index (χ3v) is 4.92. The summed E-state index contributed by atoms with van der Waals surface area (Å²) in [5.41, 5.74) is -0.532. The maximum atomic E-state index is 11.1. The van der Waals surface area contributed by atoms with E-state index < -0.39 is 11.6 Å². The van der Waals surface area contributed by atoms with E-state index in [9.17, 15) is 9.90 Å². The molecule has 0 aromatic carbocycles. The Hall–Kier alpha value is -0.830. The molecule has 3 heteroatoms. The van der Waals surface area contributed by atoms with Gasteiger partial charge in [0, 0.05) is 11.5 Å². The molecule has 0 radical (unpaired) electrons. The number of aliphatic hydroxyl groups is 1. The van der Waals surface area contributed by atoms with Crippen LogP contribution < -0.4 is 0 Å². The summed E-state index contributed by atoms with van der Waals surface area (Å²) in [6, 6.07) is 0. The average Bonchev–Trinajstić information content (AvgIpc) is 2.13. The number of hydrogen-bond donors (Lipinski definition) is 2. The number of rotatable bonds is 2. The fourth-order valence-corrected chi connectivity index (χ4v) is 4.74. The van der Waals surface area contributed by atoms with Crippen LogP contribution in [0, 0.1) is 23.7 Å². The Kier molecular flexibility index (Phi) is 2.00. The van der Waals surface area contributed by atoms with Crippen LogP contribution in [-0.2, 0) is 4.79 Å². The van der Waals surface area contributed by atoms with E-state index in [4.69, 9.17) is 5.11 Å². The first-order valence-corrected chi connectivity index (χ1v) is 6.14. The number of carboxylic acid groups (broad SMARTS) is 1. The molecule has 4 saturated carbocycles. The van der Waals surface area contributed by atoms with Crippen molar-refractivity contribution >= 4 is 5.97 Å². The molecule has 3 nitrogen and oxygen atoms in total. The number of hydrogen-bond acceptors (Lipinski definition) is 2. The standard InChI is InChI=1S/C13H18O3/c1-7(12(14)15)11-10-3-8-2-9(4-10)6-13(11,16)5-8/h8-11,16H,1-6H2,(H,14,15). The Bertz CT molecular complexity index is 346. The minimum atomic E-state index is -0.939. The largest absolute Gasteiger partial charge is 0.478 e. The summed E-state index contributed by atoms with van der Waals surface area (Å²) >= 11 is 0. The molecule has 3 atom stereocenters. The van der Waals surface area contributed by atoms with E-state index in [1.807, 2.05) is 0 Å². The molecule has 88 valence electrons. The smallest absolute Gasteiger partial charge is 0.331 e. The van der Waals surface area contributed by atoms with Gasteiger partial charge in [-0.05, 0) is 49.9 Å². The van der Waals surface area contributed by atoms with E-state index in [0.717, 1.165) is 25.7 Å². The zero-order valence-electron chi connectivity index (χ0n) is 9.35. The van der Waals surface area contributed by atoms with Gasteiger partial charge in [0.2, 0.25) is 0 Å². The van der Waals surface area contributed by atoms with Gasteiger partial charge in [-0.25, -0.2) is 4.79 Å². The fourth-order valence-electron chi connectivity index (χ4n) is 4.74. The van der Waals surface area contributed by atoms with E-state index in [-0.39, 0.29) is 11.5 Å². The minimum Gasteiger partial charge on any atom is -0.478 e. The average molecular weight is 222 g/mol. The van der Waals surface area contributed by atoms with Gasteiger partial charge in [0.15, 0.2) is 0 Å². The fraction of sp³-hybridized carbons (Fsp3) is 0.769. The first-order chi connectivity index (χ1) is 7.49. The molecule has 3 unspecified atom stereocenters. The molecular weight excluding hydrogens is 204 g/mol. The van der Waals surface area contributed by atoms with Crippen LogP contribution in [0.2, 0.25) is 0 Å². The van der Waals surface area contributed by atoms with Gasteiger partial charge in [0.05, 0.1) is 5.60 Å². The predicted octanol–water partition coefficient (Wildman–Crippen LogP) is 1.81. The van der Waals surface area contributed by atoms with Crippen LogP contribution in [0.4, 0.5) is 0 Å². The topological polar surface area (TPSA) is 57.5 Å². The summed E-state index contributed by atoms with van der Waals surface area (Å²) < 4.78 is 0. The summed E-state index contributed by atoms with van der Waals surface area (Å²) in [7, 11) is 0. The molecule has 2 N–H and O–H groups in total. The molecule has 0 saturated heterocycles. The third-order valence-electron chi connectivity index (χ3n) is 4.92. The maximum Gasteiger partial charge on any atom is 0.331 e. The predicted molar refractivity (Wildman–Crippen MR) is 58.8 cm³/mol. The lowest BCUT2D eigenvalue weighted by Crippen LogP contribution is -2.58. The minimum absolute atomic E-state index is 0.196. The molecule has 0 aliphatic heterocycles. The lowest BCUT2D eigenvalue weighted by Gasteiger charge is -2.59. The molecule has 0 spiro atoms. The molecule has 4 bridgehead atoms. The Morgan fingerprint density at radius 3 is 2.19 bits per heavy atom. The Balaban J connectivity index is 1.94. The van der Waals surface area contributed by atoms with Gasteiger partial charge in [0.1, 0.15) is 0 Å². The zero-order chi connectivity index (χ0) is 11.5. The highest BCUT2D eigenvalue weighted by Gasteiger charge is 2.57. The van der Waals surface area contributed by atoms with Crippen molar-refractivity contribution in [3.05, 3.63) is 12.2 Å². The highest BCUT2D eigenvalue weighted by molar-refractivity contribution is 5.86. The van der Waals surface area contributed by atoms with Crippen LogP contribution in [0.25, 0.3) is 0 Å². The SMILES string of the molecule is C=C(C(=O)O)C1C2CC3CC(C2)CC1(O)C3. The molecule has 4 rings (SSSR count). The van der Waals surface area contributed by atoms with Gasteiger partial charge >= 0.3 is 5.97 Å². The summed E-state index contributed by atoms with van der Waals surface area (Å²) in [4.78, 5) is 11.1. The molecule has 0 heterocycles. The van der Waals surface area contributed by atoms with Crippen LogP contribution >= 0.6 is 0 Å². The van der Waals surface area contributed by atoms with Crippen molar-refractivity contribution in [1.29, 1.82) is 0 Å². The van der Waals surface area contributed by atoms with Gasteiger partial charge in [-0.3, -0.25) is 0 Å². The first-order valence-electron chi connectivity index (χ1n) is 6.14. The number of carbonyl (C=O) groups is 1. The highest BCUT2D eigenvalue weighted by atomic mass is 16.4. The normalized spacial score (nSPS) is 49.3. The second-order valence-corrected chi connectivity index (χ2v) is 6.02. The van der Waals surface area contributed by atoms with Crippen molar-refractivity contribution in [2.75, 3.05) is 0 Å². The molecule has 16 heavy (non-hydrogen) atoms. The lowest BCUT2D eigenvalue weighted by molar-refractivity contribution is -0.165. The Labute approximate surface area is 95.2 Å². The van der Waals surface area contributed by atoms with Gasteiger partial charge in [-0.15, -0.1) is 0 Å². The van der Waals surface area contributed by atoms with Crippen LogP contribution in [0.15, 0.2) is 12.2 Å². The quantitative estimate of drug-likeness (QED) is 0.701. The molecule has 4 aliphatic carbocycles. The van der Waals surface area contributed by atoms with Crippen molar-refractivity contribution in [2.24, 2.45) is 23.7 Å². The molecular formula is C13H18O3. The van der Waals surface area contributed by atoms with Crippen LogP contribution in [0.5, 0.6) is 0 Å². The Morgan fingerprint density at radius 1 is 1.19 bits per heavy atom. The van der Waals surface area contributed by atoms with E-state index in [2.05, 4.69) is 6.58 Å². The summed E-state index contributed by atoms with van der Waals surface area (Å²) in [6.45, 7) is 3.69. The van der Waals surface area contributed by atoms with Crippen LogP contribution in [0.1, 0.15) is 32.1 Å². The number of aliphatic carboxylic acids is 1. The van der Waals surface area contributed by atoms with Gasteiger partial charge in [-0.2, -0.15) is 0 Å². The maximum absolute atomic E-state index is 11.1. The third kappa shape index (κ3) is 1.27. The monoisotopic (exact) mass is 222 g/mol. The van der Waals surface area contributed by atoms with Crippen molar-refractivity contribution in [1.82, 2.24) is 0 Å². The van der Waals surface area contributed by atoms with Crippen molar-refractivity contribution in [3.63, 3.8) is 0 Å². The van der Waals surface area contributed by atoms with Gasteiger partial charge < -0.3 is 10.2 Å². The lowest BCUT2D eigenvalue weighted by atomic mass is 9.48. The van der Waals surface area contributed by atoms with Crippen molar-refractivity contribution < 1.29 is 15.0 Å². The van der Waals surface area contributed by atoms with Crippen molar-refractivity contribution in [2.45, 2.75) is 37.7 Å². The van der Waals surface area contributed by atoms with Gasteiger partial charge in [0.25, 0.3) is 0 Å². The van der Waals surface area contributed by atoms with E-state index in [0.29, 0.717) is 17.8 Å². The van der Waals surface area contributed by atoms with E-state index >= 15 is 0 Å². The van der Waals surface area contributed by atoms with E-state index in [1.54, 1.807) is 0 Å². The van der Waals surface area contributed by atoms with Crippen LogP contribution in [0.3, 0.4) is 0 Å². The van der Waals surface area contributed by atoms with Crippen LogP contribution in [-0.4, -0.2) is 21.8 Å². The molecule has 4 aliphatic rings. The Morgan fingerprint density at radius 2 is 1.75 bits per heavy atom. The molecule has 0 aromatic heterocycles. The summed E-state index contributed by atoms with van der Waals surface area (Å²) in [5.74, 6) is 0.476. The van der Waals surface area contributed by atoms with Crippen molar-refractivity contribution in [3.8, 4) is 0 Å². The number of carboxylic acids is 1. The summed E-state index contributed by atoms with van der Waals surface area (Å²) in [5, 5.41) is 19.7. The second-order valence-electron chi connectivity index (χ2n) is 6.02. The molecule has 4 fully saturated rings. The van der Waals surface area contributed by atoms with E-state index in [1.165, 1.54) is 6.42 Å². The molecule has 0 amide bonds. The summed E-state index contributed by atoms with van der Waals surface area (Å²) in [6.07, 6.45) is 5.00. The second kappa shape index (κ2) is 3.10.